The number of aliphatic hydroxyl groups excluding tert-OH is 1. The monoisotopic (exact) mass is 162 g/mol. The van der Waals surface area contributed by atoms with Gasteiger partial charge in [-0.1, -0.05) is 6.58 Å². The van der Waals surface area contributed by atoms with E-state index in [0.717, 1.165) is 0 Å². The summed E-state index contributed by atoms with van der Waals surface area (Å²) in [7, 11) is 0. The molecule has 5 nitrogen and oxygen atoms in total. The average Bonchev–Trinajstić information content (AvgIpc) is 1.87. The van der Waals surface area contributed by atoms with Crippen LogP contribution in [0.25, 0.3) is 0 Å². The van der Waals surface area contributed by atoms with Crippen LogP contribution in [0.1, 0.15) is 6.92 Å². The molecule has 3 N–H and O–H groups in total. The van der Waals surface area contributed by atoms with Crippen molar-refractivity contribution in [3.63, 3.8) is 0 Å². The van der Waals surface area contributed by atoms with Gasteiger partial charge in [0.25, 0.3) is 0 Å². The van der Waals surface area contributed by atoms with Crippen molar-refractivity contribution in [1.82, 2.24) is 0 Å². The number of carbonyl (C=O) groups is 1. The van der Waals surface area contributed by atoms with Gasteiger partial charge in [-0.2, -0.15) is 0 Å². The molecule has 0 amide bonds. The summed E-state index contributed by atoms with van der Waals surface area (Å²) in [5.41, 5.74) is 0.0194. The van der Waals surface area contributed by atoms with Crippen LogP contribution in [0.5, 0.6) is 0 Å². The largest absolute Gasteiger partial charge is 0.403 e. The Hall–Kier alpha value is -0.910. The van der Waals surface area contributed by atoms with Gasteiger partial charge in [0.15, 0.2) is 0 Å². The lowest BCUT2D eigenvalue weighted by atomic mass is 10.4. The summed E-state index contributed by atoms with van der Waals surface area (Å²) < 4.78 is 3.97. The highest BCUT2D eigenvalue weighted by atomic mass is 16.8. The Morgan fingerprint density at radius 1 is 1.64 bits per heavy atom. The van der Waals surface area contributed by atoms with Gasteiger partial charge in [0.1, 0.15) is 6.61 Å². The Morgan fingerprint density at radius 2 is 2.09 bits per heavy atom. The summed E-state index contributed by atoms with van der Waals surface area (Å²) in [6.45, 7) is 3.46. The van der Waals surface area contributed by atoms with Crippen molar-refractivity contribution < 1.29 is 24.9 Å². The summed E-state index contributed by atoms with van der Waals surface area (Å²) in [6.07, 6.45) is 0. The quantitative estimate of drug-likeness (QED) is 0.274. The predicted molar refractivity (Wildman–Crippen MR) is 35.2 cm³/mol. The Morgan fingerprint density at radius 3 is 2.36 bits per heavy atom. The van der Waals surface area contributed by atoms with Crippen molar-refractivity contribution in [2.75, 3.05) is 6.61 Å². The molecule has 0 radical (unpaired) electrons. The van der Waals surface area contributed by atoms with Gasteiger partial charge >= 0.3 is 11.9 Å². The van der Waals surface area contributed by atoms with E-state index in [4.69, 9.17) is 15.3 Å². The lowest BCUT2D eigenvalue weighted by molar-refractivity contribution is -0.330. The van der Waals surface area contributed by atoms with Crippen LogP contribution in [0.15, 0.2) is 12.2 Å². The number of hydrogen-bond donors (Lipinski definition) is 3. The lowest BCUT2D eigenvalue weighted by Gasteiger charge is -2.18. The van der Waals surface area contributed by atoms with Crippen LogP contribution in [0.3, 0.4) is 0 Å². The van der Waals surface area contributed by atoms with E-state index in [1.807, 2.05) is 0 Å². The molecule has 0 atom stereocenters. The normalized spacial score (nSPS) is 10.9. The fourth-order valence-corrected chi connectivity index (χ4v) is 0.268. The fraction of sp³-hybridized carbons (Fsp3) is 0.500. The van der Waals surface area contributed by atoms with E-state index < -0.39 is 18.5 Å². The van der Waals surface area contributed by atoms with Gasteiger partial charge in [-0.25, -0.2) is 4.79 Å². The second-order valence-electron chi connectivity index (χ2n) is 2.07. The van der Waals surface area contributed by atoms with Gasteiger partial charge in [-0.05, 0) is 6.92 Å². The van der Waals surface area contributed by atoms with Crippen LogP contribution in [-0.2, 0) is 9.53 Å². The average molecular weight is 162 g/mol. The van der Waals surface area contributed by atoms with Gasteiger partial charge in [-0.15, -0.1) is 0 Å². The molecule has 0 saturated carbocycles. The number of hydrogen-bond acceptors (Lipinski definition) is 5. The molecule has 5 heteroatoms. The summed E-state index contributed by atoms with van der Waals surface area (Å²) in [4.78, 5) is 10.6. The Labute approximate surface area is 63.5 Å². The SMILES string of the molecule is C=C(C)C(=O)OC(O)(O)CO. The summed E-state index contributed by atoms with van der Waals surface area (Å²) in [5.74, 6) is -3.78. The molecular formula is C6H10O5. The maximum absolute atomic E-state index is 10.6. The first-order valence-corrected chi connectivity index (χ1v) is 2.83. The zero-order valence-electron chi connectivity index (χ0n) is 6.07. The van der Waals surface area contributed by atoms with E-state index in [1.54, 1.807) is 0 Å². The van der Waals surface area contributed by atoms with Crippen LogP contribution < -0.4 is 0 Å². The Balaban J connectivity index is 4.04. The van der Waals surface area contributed by atoms with Crippen LogP contribution in [0.4, 0.5) is 0 Å². The van der Waals surface area contributed by atoms with Crippen LogP contribution in [0.2, 0.25) is 0 Å². The molecule has 0 saturated heterocycles. The van der Waals surface area contributed by atoms with E-state index >= 15 is 0 Å². The van der Waals surface area contributed by atoms with Crippen molar-refractivity contribution in [1.29, 1.82) is 0 Å². The van der Waals surface area contributed by atoms with Crippen molar-refractivity contribution >= 4 is 5.97 Å². The van der Waals surface area contributed by atoms with Crippen LogP contribution >= 0.6 is 0 Å². The van der Waals surface area contributed by atoms with Gasteiger partial charge in [0.05, 0.1) is 0 Å². The molecule has 0 unspecified atom stereocenters. The molecule has 64 valence electrons. The highest BCUT2D eigenvalue weighted by Gasteiger charge is 2.27. The highest BCUT2D eigenvalue weighted by molar-refractivity contribution is 5.87. The number of rotatable bonds is 3. The predicted octanol–water partition coefficient (Wildman–Crippen LogP) is -1.26. The van der Waals surface area contributed by atoms with E-state index in [9.17, 15) is 4.79 Å². The molecular weight excluding hydrogens is 152 g/mol. The minimum Gasteiger partial charge on any atom is -0.403 e. The zero-order chi connectivity index (χ0) is 9.07. The third-order valence-corrected chi connectivity index (χ3v) is 0.811. The number of esters is 1. The van der Waals surface area contributed by atoms with Gasteiger partial charge in [0.2, 0.25) is 0 Å². The molecule has 0 aromatic rings. The molecule has 0 aromatic carbocycles. The molecule has 0 aliphatic rings. The molecule has 0 rings (SSSR count). The Bertz CT molecular complexity index is 172. The van der Waals surface area contributed by atoms with Crippen molar-refractivity contribution in [3.8, 4) is 0 Å². The van der Waals surface area contributed by atoms with Crippen LogP contribution in [-0.4, -0.2) is 33.9 Å². The molecule has 11 heavy (non-hydrogen) atoms. The smallest absolute Gasteiger partial charge is 0.348 e. The minimum atomic E-state index is -2.81. The zero-order valence-corrected chi connectivity index (χ0v) is 6.07. The summed E-state index contributed by atoms with van der Waals surface area (Å²) in [6, 6.07) is 0. The maximum atomic E-state index is 10.6. The topological polar surface area (TPSA) is 87.0 Å². The first-order valence-electron chi connectivity index (χ1n) is 2.83. The maximum Gasteiger partial charge on any atom is 0.348 e. The van der Waals surface area contributed by atoms with Gasteiger partial charge in [-0.3, -0.25) is 0 Å². The van der Waals surface area contributed by atoms with E-state index in [2.05, 4.69) is 11.3 Å². The van der Waals surface area contributed by atoms with E-state index in [1.165, 1.54) is 6.92 Å². The number of ether oxygens (including phenoxy) is 1. The summed E-state index contributed by atoms with van der Waals surface area (Å²) >= 11 is 0. The van der Waals surface area contributed by atoms with E-state index in [-0.39, 0.29) is 5.57 Å². The fourth-order valence-electron chi connectivity index (χ4n) is 0.268. The van der Waals surface area contributed by atoms with Crippen molar-refractivity contribution in [3.05, 3.63) is 12.2 Å². The summed E-state index contributed by atoms with van der Waals surface area (Å²) in [5, 5.41) is 25.3. The number of aliphatic hydroxyl groups is 3. The van der Waals surface area contributed by atoms with Crippen molar-refractivity contribution in [2.45, 2.75) is 12.9 Å². The molecule has 0 fully saturated rings. The standard InChI is InChI=1S/C6H10O5/c1-4(2)5(8)11-6(9,10)3-7/h7,9-10H,1,3H2,2H3. The molecule has 0 aliphatic heterocycles. The van der Waals surface area contributed by atoms with Gasteiger partial charge < -0.3 is 20.1 Å². The lowest BCUT2D eigenvalue weighted by Crippen LogP contribution is -2.38. The van der Waals surface area contributed by atoms with Gasteiger partial charge in [0, 0.05) is 5.57 Å². The molecule has 0 spiro atoms. The molecule has 0 aliphatic carbocycles. The van der Waals surface area contributed by atoms with Crippen molar-refractivity contribution in [2.24, 2.45) is 0 Å². The van der Waals surface area contributed by atoms with Crippen LogP contribution in [0, 0.1) is 0 Å². The van der Waals surface area contributed by atoms with E-state index in [0.29, 0.717) is 0 Å². The minimum absolute atomic E-state index is 0.0194. The second-order valence-corrected chi connectivity index (χ2v) is 2.07. The highest BCUT2D eigenvalue weighted by Crippen LogP contribution is 2.03. The number of carbonyl (C=O) groups excluding carboxylic acids is 1. The third-order valence-electron chi connectivity index (χ3n) is 0.811. The third kappa shape index (κ3) is 3.72. The first kappa shape index (κ1) is 10.1. The molecule has 0 aromatic heterocycles. The second kappa shape index (κ2) is 3.47. The molecule has 0 bridgehead atoms. The Kier molecular flexibility index (Phi) is 3.18. The first-order chi connectivity index (χ1) is 4.89. The molecule has 0 heterocycles.